The van der Waals surface area contributed by atoms with Crippen molar-refractivity contribution in [3.8, 4) is 0 Å². The smallest absolute Gasteiger partial charge is 0.328 e. The van der Waals surface area contributed by atoms with Gasteiger partial charge in [0.05, 0.1) is 60.1 Å². The van der Waals surface area contributed by atoms with Gasteiger partial charge in [0, 0.05) is 45.5 Å². The van der Waals surface area contributed by atoms with Crippen molar-refractivity contribution < 1.29 is 65.9 Å². The van der Waals surface area contributed by atoms with Crippen LogP contribution in [0.3, 0.4) is 0 Å². The lowest BCUT2D eigenvalue weighted by Gasteiger charge is -2.53. The molecular formula is C46H46F6I2N6O8. The van der Waals surface area contributed by atoms with Gasteiger partial charge in [0.25, 0.3) is 11.8 Å². The van der Waals surface area contributed by atoms with E-state index in [0.717, 1.165) is 76.8 Å². The molecule has 68 heavy (non-hydrogen) atoms. The van der Waals surface area contributed by atoms with Crippen molar-refractivity contribution in [2.24, 2.45) is 0 Å². The molecule has 4 saturated heterocycles. The number of β-amino-alcohol motifs (C(OH)–C–C–N with tert-alkyl or cyclic N) is 2. The summed E-state index contributed by atoms with van der Waals surface area (Å²) in [5, 5.41) is 42.3. The zero-order chi connectivity index (χ0) is 49.5. The van der Waals surface area contributed by atoms with E-state index in [1.165, 1.54) is 46.2 Å². The number of carbonyl (C=O) groups excluding carboxylic acids is 2. The second-order valence-corrected chi connectivity index (χ2v) is 19.0. The SMILES string of the molecule is O=C(O)/C=C/C(=O)O.O=C(c1ccc(F)c(F)c1Nc1ccc(I)cc1F)N1CC(O)(N2CCCCC2)C1.O=C(c1ccc(F)c(F)c1Nc1ccc(I)cc1F)N1CC(O)(N2CCCCC2)C1. The average molecular weight is 1180 g/mol. The van der Waals surface area contributed by atoms with Crippen molar-refractivity contribution >= 4 is 91.7 Å². The Kier molecular flexibility index (Phi) is 17.4. The maximum atomic E-state index is 14.6. The van der Waals surface area contributed by atoms with E-state index in [4.69, 9.17) is 10.2 Å². The Morgan fingerprint density at radius 3 is 1.16 bits per heavy atom. The highest BCUT2D eigenvalue weighted by Crippen LogP contribution is 2.36. The van der Waals surface area contributed by atoms with E-state index < -0.39 is 81.5 Å². The number of carboxylic acids is 2. The molecule has 4 aromatic carbocycles. The molecule has 0 radical (unpaired) electrons. The van der Waals surface area contributed by atoms with Gasteiger partial charge in [-0.15, -0.1) is 0 Å². The Morgan fingerprint density at radius 1 is 0.515 bits per heavy atom. The first-order chi connectivity index (χ1) is 32.2. The Bertz CT molecular complexity index is 2400. The molecule has 14 nitrogen and oxygen atoms in total. The standard InChI is InChI=1S/2C21H21F3IN3O2.C4H4O4/c2*22-15-6-5-14(19(18(15)24)26-17-7-4-13(25)10-16(17)23)20(29)27-11-21(30,12-27)28-8-2-1-3-9-28;5-3(6)1-2-4(7)8/h2*4-7,10,26,30H,1-3,8-9,11-12H2;1-2H,(H,5,6)(H,7,8)/b;;2-1+. The van der Waals surface area contributed by atoms with E-state index in [1.807, 2.05) is 55.0 Å². The minimum absolute atomic E-state index is 0.0672. The lowest BCUT2D eigenvalue weighted by atomic mass is 9.97. The summed E-state index contributed by atoms with van der Waals surface area (Å²) < 4.78 is 86.6. The molecule has 4 aliphatic rings. The number of hydrogen-bond donors (Lipinski definition) is 6. The van der Waals surface area contributed by atoms with Gasteiger partial charge in [-0.2, -0.15) is 0 Å². The molecule has 0 saturated carbocycles. The fourth-order valence-electron chi connectivity index (χ4n) is 8.07. The highest BCUT2D eigenvalue weighted by Gasteiger charge is 2.50. The first-order valence-corrected chi connectivity index (χ1v) is 23.4. The number of carbonyl (C=O) groups is 4. The van der Waals surface area contributed by atoms with Crippen molar-refractivity contribution in [1.29, 1.82) is 0 Å². The molecule has 0 aliphatic carbocycles. The fraction of sp³-hybridized carbons (Fsp3) is 0.348. The number of amides is 2. The number of nitrogens with zero attached hydrogens (tertiary/aromatic N) is 4. The van der Waals surface area contributed by atoms with Gasteiger partial charge in [-0.3, -0.25) is 19.4 Å². The van der Waals surface area contributed by atoms with Gasteiger partial charge in [-0.25, -0.2) is 35.9 Å². The van der Waals surface area contributed by atoms with Gasteiger partial charge >= 0.3 is 11.9 Å². The Labute approximate surface area is 413 Å². The van der Waals surface area contributed by atoms with E-state index in [2.05, 4.69) is 10.6 Å². The number of aliphatic carboxylic acids is 2. The van der Waals surface area contributed by atoms with Crippen molar-refractivity contribution in [2.75, 3.05) is 63.0 Å². The number of aliphatic hydroxyl groups is 2. The van der Waals surface area contributed by atoms with Crippen LogP contribution in [0, 0.1) is 42.0 Å². The average Bonchev–Trinajstić information content (AvgIpc) is 3.29. The minimum atomic E-state index is -1.26. The third kappa shape index (κ3) is 12.6. The Balaban J connectivity index is 0.000000193. The second kappa shape index (κ2) is 22.6. The quantitative estimate of drug-likeness (QED) is 0.0514. The number of halogens is 8. The molecule has 0 bridgehead atoms. The second-order valence-electron chi connectivity index (χ2n) is 16.5. The van der Waals surface area contributed by atoms with Crippen LogP contribution in [0.25, 0.3) is 0 Å². The van der Waals surface area contributed by atoms with E-state index in [9.17, 15) is 55.7 Å². The Hall–Kier alpha value is -5.02. The minimum Gasteiger partial charge on any atom is -0.478 e. The number of carboxylic acid groups (broad SMARTS) is 2. The first-order valence-electron chi connectivity index (χ1n) is 21.3. The molecule has 0 spiro atoms. The zero-order valence-corrected chi connectivity index (χ0v) is 40.4. The van der Waals surface area contributed by atoms with Crippen LogP contribution in [0.4, 0.5) is 49.1 Å². The number of benzene rings is 4. The van der Waals surface area contributed by atoms with E-state index in [1.54, 1.807) is 12.1 Å². The van der Waals surface area contributed by atoms with Gasteiger partial charge in [0.15, 0.2) is 34.7 Å². The lowest BCUT2D eigenvalue weighted by molar-refractivity contribution is -0.189. The number of piperidine rings is 2. The van der Waals surface area contributed by atoms with Crippen LogP contribution < -0.4 is 10.6 Å². The van der Waals surface area contributed by atoms with Crippen molar-refractivity contribution in [3.63, 3.8) is 0 Å². The molecule has 4 aromatic rings. The predicted octanol–water partition coefficient (Wildman–Crippen LogP) is 7.88. The molecule has 22 heteroatoms. The molecule has 2 amide bonds. The lowest BCUT2D eigenvalue weighted by Crippen LogP contribution is -2.72. The first kappa shape index (κ1) is 52.4. The van der Waals surface area contributed by atoms with Gasteiger partial charge in [0.1, 0.15) is 11.6 Å². The number of anilines is 4. The van der Waals surface area contributed by atoms with Crippen LogP contribution in [-0.2, 0) is 9.59 Å². The number of rotatable bonds is 10. The van der Waals surface area contributed by atoms with Gasteiger partial charge < -0.3 is 40.9 Å². The van der Waals surface area contributed by atoms with Crippen molar-refractivity contribution in [2.45, 2.75) is 50.0 Å². The molecule has 4 fully saturated rings. The summed E-state index contributed by atoms with van der Waals surface area (Å²) in [6.45, 7) is 3.41. The molecule has 8 rings (SSSR count). The van der Waals surface area contributed by atoms with Gasteiger partial charge in [-0.05, 0) is 132 Å². The molecular weight excluding hydrogens is 1130 g/mol. The normalized spacial score (nSPS) is 17.7. The van der Waals surface area contributed by atoms with Crippen LogP contribution in [0.1, 0.15) is 59.2 Å². The topological polar surface area (TPSA) is 186 Å². The summed E-state index contributed by atoms with van der Waals surface area (Å²) in [6.07, 6.45) is 7.33. The molecule has 6 N–H and O–H groups in total. The summed E-state index contributed by atoms with van der Waals surface area (Å²) in [6, 6.07) is 12.6. The predicted molar refractivity (Wildman–Crippen MR) is 254 cm³/mol. The van der Waals surface area contributed by atoms with Crippen LogP contribution in [-0.4, -0.2) is 128 Å². The number of nitrogens with one attached hydrogen (secondary N) is 2. The number of likely N-dealkylation sites (tertiary alicyclic amines) is 4. The van der Waals surface area contributed by atoms with E-state index in [-0.39, 0.29) is 48.7 Å². The molecule has 364 valence electrons. The van der Waals surface area contributed by atoms with Gasteiger partial charge in [-0.1, -0.05) is 12.8 Å². The fourth-order valence-corrected chi connectivity index (χ4v) is 8.98. The zero-order valence-electron chi connectivity index (χ0n) is 36.1. The Morgan fingerprint density at radius 2 is 0.853 bits per heavy atom. The molecule has 4 heterocycles. The summed E-state index contributed by atoms with van der Waals surface area (Å²) in [4.78, 5) is 51.8. The summed E-state index contributed by atoms with van der Waals surface area (Å²) in [7, 11) is 0. The maximum absolute atomic E-state index is 14.6. The largest absolute Gasteiger partial charge is 0.478 e. The maximum Gasteiger partial charge on any atom is 0.328 e. The third-order valence-corrected chi connectivity index (χ3v) is 13.0. The third-order valence-electron chi connectivity index (χ3n) is 11.6. The molecule has 0 aromatic heterocycles. The van der Waals surface area contributed by atoms with Crippen molar-refractivity contribution in [3.05, 3.63) is 126 Å². The summed E-state index contributed by atoms with van der Waals surface area (Å²) >= 11 is 3.87. The molecule has 4 aliphatic heterocycles. The molecule has 0 unspecified atom stereocenters. The van der Waals surface area contributed by atoms with Crippen LogP contribution >= 0.6 is 45.2 Å². The van der Waals surface area contributed by atoms with Crippen LogP contribution in [0.5, 0.6) is 0 Å². The van der Waals surface area contributed by atoms with Crippen LogP contribution in [0.15, 0.2) is 72.8 Å². The highest BCUT2D eigenvalue weighted by atomic mass is 127. The van der Waals surface area contributed by atoms with E-state index in [0.29, 0.717) is 19.3 Å². The van der Waals surface area contributed by atoms with Crippen molar-refractivity contribution in [1.82, 2.24) is 19.6 Å². The summed E-state index contributed by atoms with van der Waals surface area (Å²) in [5.41, 5.74) is -3.40. The summed E-state index contributed by atoms with van der Waals surface area (Å²) in [5.74, 6) is -9.72. The van der Waals surface area contributed by atoms with Crippen LogP contribution in [0.2, 0.25) is 0 Å². The monoisotopic (exact) mass is 1180 g/mol. The molecule has 0 atom stereocenters. The van der Waals surface area contributed by atoms with E-state index >= 15 is 0 Å². The number of hydrogen-bond acceptors (Lipinski definition) is 10. The van der Waals surface area contributed by atoms with Gasteiger partial charge in [0.2, 0.25) is 0 Å². The highest BCUT2D eigenvalue weighted by molar-refractivity contribution is 14.1.